The van der Waals surface area contributed by atoms with Crippen molar-refractivity contribution >= 4 is 20.6 Å². The summed E-state index contributed by atoms with van der Waals surface area (Å²) in [4.78, 5) is 11.2. The van der Waals surface area contributed by atoms with Crippen LogP contribution in [-0.4, -0.2) is 11.8 Å². The lowest BCUT2D eigenvalue weighted by molar-refractivity contribution is 0.109. The van der Waals surface area contributed by atoms with Crippen molar-refractivity contribution in [1.29, 1.82) is 0 Å². The SMILES string of the molecule is COc1cc(C)cc(C)c1C(=O)Br. The lowest BCUT2D eigenvalue weighted by atomic mass is 10.1. The van der Waals surface area contributed by atoms with Crippen LogP contribution in [0.3, 0.4) is 0 Å². The highest BCUT2D eigenvalue weighted by molar-refractivity contribution is 9.18. The average Bonchev–Trinajstić information content (AvgIpc) is 2.01. The van der Waals surface area contributed by atoms with Crippen molar-refractivity contribution in [3.8, 4) is 5.75 Å². The van der Waals surface area contributed by atoms with E-state index in [4.69, 9.17) is 4.74 Å². The second-order valence-corrected chi connectivity index (χ2v) is 3.65. The van der Waals surface area contributed by atoms with E-state index < -0.39 is 0 Å². The Labute approximate surface area is 86.0 Å². The van der Waals surface area contributed by atoms with Gasteiger partial charge in [-0.25, -0.2) is 0 Å². The first kappa shape index (κ1) is 10.3. The van der Waals surface area contributed by atoms with Crippen molar-refractivity contribution in [1.82, 2.24) is 0 Å². The van der Waals surface area contributed by atoms with E-state index in [9.17, 15) is 4.79 Å². The number of ether oxygens (including phenoxy) is 1. The summed E-state index contributed by atoms with van der Waals surface area (Å²) in [5.41, 5.74) is 2.62. The highest BCUT2D eigenvalue weighted by Crippen LogP contribution is 2.25. The van der Waals surface area contributed by atoms with Crippen LogP contribution in [0.1, 0.15) is 21.5 Å². The van der Waals surface area contributed by atoms with Gasteiger partial charge in [-0.05, 0) is 47.0 Å². The van der Waals surface area contributed by atoms with Crippen molar-refractivity contribution < 1.29 is 9.53 Å². The second-order valence-electron chi connectivity index (χ2n) is 2.93. The van der Waals surface area contributed by atoms with Gasteiger partial charge in [-0.15, -0.1) is 0 Å². The fourth-order valence-corrected chi connectivity index (χ4v) is 1.85. The molecule has 0 aromatic heterocycles. The number of hydrogen-bond acceptors (Lipinski definition) is 2. The Hall–Kier alpha value is -0.830. The molecule has 0 saturated carbocycles. The molecule has 0 heterocycles. The molecule has 0 bridgehead atoms. The summed E-state index contributed by atoms with van der Waals surface area (Å²) in [5, 5.41) is 0. The van der Waals surface area contributed by atoms with Gasteiger partial charge in [0.1, 0.15) is 5.75 Å². The number of aryl methyl sites for hydroxylation is 2. The minimum Gasteiger partial charge on any atom is -0.496 e. The second kappa shape index (κ2) is 3.92. The van der Waals surface area contributed by atoms with E-state index in [2.05, 4.69) is 15.9 Å². The van der Waals surface area contributed by atoms with Gasteiger partial charge in [0.15, 0.2) is 0 Å². The minimum absolute atomic E-state index is 0.137. The van der Waals surface area contributed by atoms with Crippen LogP contribution in [-0.2, 0) is 0 Å². The number of rotatable bonds is 2. The fraction of sp³-hybridized carbons (Fsp3) is 0.300. The van der Waals surface area contributed by atoms with Crippen LogP contribution in [0.4, 0.5) is 0 Å². The standard InChI is InChI=1S/C10H11BrO2/c1-6-4-7(2)9(10(11)12)8(5-6)13-3/h4-5H,1-3H3. The van der Waals surface area contributed by atoms with Crippen LogP contribution < -0.4 is 4.74 Å². The Bertz CT molecular complexity index is 345. The van der Waals surface area contributed by atoms with Crippen molar-refractivity contribution in [3.63, 3.8) is 0 Å². The van der Waals surface area contributed by atoms with Gasteiger partial charge in [0.25, 0.3) is 0 Å². The van der Waals surface area contributed by atoms with Crippen LogP contribution in [0.5, 0.6) is 5.75 Å². The molecule has 0 aliphatic carbocycles. The van der Waals surface area contributed by atoms with Gasteiger partial charge in [0.05, 0.1) is 12.7 Å². The molecule has 0 unspecified atom stereocenters. The first-order valence-electron chi connectivity index (χ1n) is 3.91. The summed E-state index contributed by atoms with van der Waals surface area (Å²) in [6.07, 6.45) is 0. The van der Waals surface area contributed by atoms with Gasteiger partial charge >= 0.3 is 0 Å². The molecule has 0 aliphatic heterocycles. The van der Waals surface area contributed by atoms with Crippen LogP contribution >= 0.6 is 15.9 Å². The van der Waals surface area contributed by atoms with E-state index in [0.717, 1.165) is 11.1 Å². The summed E-state index contributed by atoms with van der Waals surface area (Å²) in [6, 6.07) is 3.80. The molecule has 0 saturated heterocycles. The normalized spacial score (nSPS) is 9.85. The zero-order valence-electron chi connectivity index (χ0n) is 7.85. The summed E-state index contributed by atoms with van der Waals surface area (Å²) >= 11 is 2.93. The smallest absolute Gasteiger partial charge is 0.232 e. The Balaban J connectivity index is 3.38. The predicted molar refractivity (Wildman–Crippen MR) is 55.7 cm³/mol. The third-order valence-electron chi connectivity index (χ3n) is 1.86. The molecule has 70 valence electrons. The third kappa shape index (κ3) is 2.10. The number of carbonyl (C=O) groups is 1. The molecule has 1 aromatic rings. The topological polar surface area (TPSA) is 26.3 Å². The van der Waals surface area contributed by atoms with Gasteiger partial charge in [-0.1, -0.05) is 6.07 Å². The van der Waals surface area contributed by atoms with Gasteiger partial charge in [0.2, 0.25) is 4.69 Å². The summed E-state index contributed by atoms with van der Waals surface area (Å²) in [6.45, 7) is 3.86. The van der Waals surface area contributed by atoms with Crippen molar-refractivity contribution in [2.45, 2.75) is 13.8 Å². The van der Waals surface area contributed by atoms with E-state index in [1.807, 2.05) is 26.0 Å². The number of hydrogen-bond donors (Lipinski definition) is 0. The number of benzene rings is 1. The maximum atomic E-state index is 11.2. The van der Waals surface area contributed by atoms with Gasteiger partial charge in [0, 0.05) is 0 Å². The summed E-state index contributed by atoms with van der Waals surface area (Å²) in [5.74, 6) is 0.624. The fourth-order valence-electron chi connectivity index (χ4n) is 1.34. The van der Waals surface area contributed by atoms with Crippen LogP contribution in [0.15, 0.2) is 12.1 Å². The van der Waals surface area contributed by atoms with E-state index in [1.165, 1.54) is 0 Å². The molecule has 0 N–H and O–H groups in total. The van der Waals surface area contributed by atoms with Gasteiger partial charge in [-0.3, -0.25) is 4.79 Å². The first-order valence-corrected chi connectivity index (χ1v) is 4.70. The average molecular weight is 243 g/mol. The first-order chi connectivity index (χ1) is 6.06. The lowest BCUT2D eigenvalue weighted by Gasteiger charge is -2.09. The lowest BCUT2D eigenvalue weighted by Crippen LogP contribution is -1.99. The highest BCUT2D eigenvalue weighted by Gasteiger charge is 2.12. The van der Waals surface area contributed by atoms with Gasteiger partial charge < -0.3 is 4.74 Å². The van der Waals surface area contributed by atoms with E-state index in [0.29, 0.717) is 11.3 Å². The maximum absolute atomic E-state index is 11.2. The molecule has 0 amide bonds. The molecule has 0 aliphatic rings. The Kier molecular flexibility index (Phi) is 3.09. The molecule has 0 spiro atoms. The maximum Gasteiger partial charge on any atom is 0.232 e. The van der Waals surface area contributed by atoms with Crippen molar-refractivity contribution in [2.75, 3.05) is 7.11 Å². The number of methoxy groups -OCH3 is 1. The molecule has 1 aromatic carbocycles. The molecule has 1 rings (SSSR count). The predicted octanol–water partition coefficient (Wildman–Crippen LogP) is 2.85. The summed E-state index contributed by atoms with van der Waals surface area (Å²) < 4.78 is 4.98. The van der Waals surface area contributed by atoms with Crippen molar-refractivity contribution in [2.24, 2.45) is 0 Å². The highest BCUT2D eigenvalue weighted by atomic mass is 79.9. The largest absolute Gasteiger partial charge is 0.496 e. The van der Waals surface area contributed by atoms with E-state index in [-0.39, 0.29) is 4.69 Å². The molecule has 3 heteroatoms. The van der Waals surface area contributed by atoms with E-state index >= 15 is 0 Å². The molecule has 13 heavy (non-hydrogen) atoms. The van der Waals surface area contributed by atoms with Crippen LogP contribution in [0, 0.1) is 13.8 Å². The van der Waals surface area contributed by atoms with Crippen molar-refractivity contribution in [3.05, 3.63) is 28.8 Å². The Morgan fingerprint density at radius 3 is 2.46 bits per heavy atom. The van der Waals surface area contributed by atoms with Crippen LogP contribution in [0.2, 0.25) is 0 Å². The minimum atomic E-state index is -0.137. The number of halogens is 1. The van der Waals surface area contributed by atoms with E-state index in [1.54, 1.807) is 7.11 Å². The summed E-state index contributed by atoms with van der Waals surface area (Å²) in [7, 11) is 1.56. The zero-order valence-corrected chi connectivity index (χ0v) is 9.44. The molecular weight excluding hydrogens is 232 g/mol. The Morgan fingerprint density at radius 2 is 2.00 bits per heavy atom. The monoisotopic (exact) mass is 242 g/mol. The molecular formula is C10H11BrO2. The Morgan fingerprint density at radius 1 is 1.38 bits per heavy atom. The quantitative estimate of drug-likeness (QED) is 0.746. The molecule has 0 radical (unpaired) electrons. The number of carbonyl (C=O) groups excluding carboxylic acids is 1. The molecule has 0 atom stereocenters. The molecule has 0 fully saturated rings. The van der Waals surface area contributed by atoms with Crippen LogP contribution in [0.25, 0.3) is 0 Å². The van der Waals surface area contributed by atoms with Gasteiger partial charge in [-0.2, -0.15) is 0 Å². The zero-order chi connectivity index (χ0) is 10.0. The third-order valence-corrected chi connectivity index (χ3v) is 2.26. The molecule has 2 nitrogen and oxygen atoms in total.